The molecule has 0 spiro atoms. The summed E-state index contributed by atoms with van der Waals surface area (Å²) in [7, 11) is -4.63. The van der Waals surface area contributed by atoms with Gasteiger partial charge in [-0.2, -0.15) is 0 Å². The largest absolute Gasteiger partial charge is 0.744 e. The van der Waals surface area contributed by atoms with E-state index in [4.69, 9.17) is 11.1 Å². The maximum Gasteiger partial charge on any atom is 0.196 e. The SMILES string of the molecule is Nc1ccc(C(=C2C=CC(=[NH2+])C=C2)c2ccccc2S(=O)(=O)[O-])cc1. The number of benzene rings is 2. The molecule has 0 bridgehead atoms. The maximum absolute atomic E-state index is 11.7. The predicted molar refractivity (Wildman–Crippen MR) is 96.5 cm³/mol. The van der Waals surface area contributed by atoms with Gasteiger partial charge in [-0.15, -0.1) is 0 Å². The molecule has 0 aliphatic heterocycles. The van der Waals surface area contributed by atoms with Crippen LogP contribution in [-0.2, 0) is 10.1 Å². The standard InChI is InChI=1S/C19H16N2O3S/c20-15-9-5-13(6-10-15)19(14-7-11-16(21)12-8-14)17-3-1-2-4-18(17)25(22,23)24/h1-12,20H,21H2,(H,22,23,24). The second kappa shape index (κ2) is 6.51. The first-order valence-corrected chi connectivity index (χ1v) is 8.91. The minimum atomic E-state index is -4.63. The van der Waals surface area contributed by atoms with E-state index in [1.165, 1.54) is 12.1 Å². The van der Waals surface area contributed by atoms with Crippen molar-refractivity contribution in [1.82, 2.24) is 0 Å². The van der Waals surface area contributed by atoms with Crippen LogP contribution < -0.4 is 11.1 Å². The van der Waals surface area contributed by atoms with Crippen LogP contribution >= 0.6 is 0 Å². The minimum Gasteiger partial charge on any atom is -0.744 e. The fraction of sp³-hybridized carbons (Fsp3) is 0. The third kappa shape index (κ3) is 3.60. The molecule has 0 saturated heterocycles. The molecule has 3 rings (SSSR count). The molecule has 0 radical (unpaired) electrons. The van der Waals surface area contributed by atoms with Crippen molar-refractivity contribution in [2.45, 2.75) is 4.90 Å². The number of rotatable bonds is 3. The van der Waals surface area contributed by atoms with Crippen molar-refractivity contribution in [2.24, 2.45) is 0 Å². The second-order valence-electron chi connectivity index (χ2n) is 5.57. The van der Waals surface area contributed by atoms with E-state index >= 15 is 0 Å². The lowest BCUT2D eigenvalue weighted by atomic mass is 9.90. The van der Waals surface area contributed by atoms with Crippen LogP contribution in [0.2, 0.25) is 0 Å². The van der Waals surface area contributed by atoms with E-state index in [0.717, 1.165) is 11.1 Å². The van der Waals surface area contributed by atoms with Crippen molar-refractivity contribution >= 4 is 27.1 Å². The quantitative estimate of drug-likeness (QED) is 0.641. The lowest BCUT2D eigenvalue weighted by Crippen LogP contribution is -2.37. The average molecular weight is 352 g/mol. The Bertz CT molecular complexity index is 1010. The molecular weight excluding hydrogens is 336 g/mol. The summed E-state index contributed by atoms with van der Waals surface area (Å²) >= 11 is 0. The van der Waals surface area contributed by atoms with Crippen LogP contribution in [0.5, 0.6) is 0 Å². The smallest absolute Gasteiger partial charge is 0.196 e. The molecule has 126 valence electrons. The van der Waals surface area contributed by atoms with E-state index in [1.807, 2.05) is 0 Å². The Morgan fingerprint density at radius 1 is 0.920 bits per heavy atom. The Morgan fingerprint density at radius 2 is 1.52 bits per heavy atom. The monoisotopic (exact) mass is 352 g/mol. The summed E-state index contributed by atoms with van der Waals surface area (Å²) in [5, 5.41) is 5.75. The summed E-state index contributed by atoms with van der Waals surface area (Å²) in [4.78, 5) is -0.265. The third-order valence-electron chi connectivity index (χ3n) is 3.82. The molecule has 0 atom stereocenters. The van der Waals surface area contributed by atoms with Gasteiger partial charge in [0, 0.05) is 23.4 Å². The van der Waals surface area contributed by atoms with Crippen molar-refractivity contribution in [3.63, 3.8) is 0 Å². The Labute approximate surface area is 146 Å². The highest BCUT2D eigenvalue weighted by atomic mass is 32.2. The highest BCUT2D eigenvalue weighted by molar-refractivity contribution is 7.85. The van der Waals surface area contributed by atoms with E-state index in [1.54, 1.807) is 60.7 Å². The Kier molecular flexibility index (Phi) is 4.39. The van der Waals surface area contributed by atoms with Gasteiger partial charge in [-0.25, -0.2) is 8.42 Å². The van der Waals surface area contributed by atoms with Gasteiger partial charge in [0.05, 0.1) is 4.90 Å². The van der Waals surface area contributed by atoms with Crippen molar-refractivity contribution < 1.29 is 18.4 Å². The second-order valence-corrected chi connectivity index (χ2v) is 6.92. The number of nitrogens with two attached hydrogens (primary N) is 2. The molecule has 1 aliphatic carbocycles. The summed E-state index contributed by atoms with van der Waals surface area (Å²) in [6.07, 6.45) is 7.02. The van der Waals surface area contributed by atoms with Crippen molar-refractivity contribution in [2.75, 3.05) is 5.73 Å². The van der Waals surface area contributed by atoms with Gasteiger partial charge in [0.1, 0.15) is 10.1 Å². The zero-order valence-electron chi connectivity index (χ0n) is 13.2. The fourth-order valence-electron chi connectivity index (χ4n) is 2.67. The van der Waals surface area contributed by atoms with Crippen LogP contribution in [0.15, 0.2) is 83.3 Å². The van der Waals surface area contributed by atoms with E-state index in [2.05, 4.69) is 0 Å². The van der Waals surface area contributed by atoms with E-state index < -0.39 is 10.1 Å². The predicted octanol–water partition coefficient (Wildman–Crippen LogP) is 1.30. The van der Waals surface area contributed by atoms with Crippen LogP contribution in [-0.4, -0.2) is 18.7 Å². The highest BCUT2D eigenvalue weighted by Crippen LogP contribution is 2.33. The van der Waals surface area contributed by atoms with Gasteiger partial charge in [0.2, 0.25) is 0 Å². The van der Waals surface area contributed by atoms with Gasteiger partial charge < -0.3 is 10.3 Å². The van der Waals surface area contributed by atoms with Crippen LogP contribution in [0.3, 0.4) is 0 Å². The fourth-order valence-corrected chi connectivity index (χ4v) is 3.35. The number of hydrogen-bond acceptors (Lipinski definition) is 4. The summed E-state index contributed by atoms with van der Waals surface area (Å²) in [6.45, 7) is 0. The summed E-state index contributed by atoms with van der Waals surface area (Å²) in [5.41, 5.74) is 9.38. The summed E-state index contributed by atoms with van der Waals surface area (Å²) in [5.74, 6) is 0. The highest BCUT2D eigenvalue weighted by Gasteiger charge is 2.17. The molecule has 5 nitrogen and oxygen atoms in total. The molecule has 1 aliphatic rings. The van der Waals surface area contributed by atoms with Gasteiger partial charge in [0.15, 0.2) is 5.71 Å². The first kappa shape index (κ1) is 16.9. The first-order valence-electron chi connectivity index (χ1n) is 7.50. The minimum absolute atomic E-state index is 0.265. The van der Waals surface area contributed by atoms with Gasteiger partial charge in [-0.3, -0.25) is 5.41 Å². The van der Waals surface area contributed by atoms with E-state index in [0.29, 0.717) is 22.5 Å². The Balaban J connectivity index is 2.33. The molecule has 0 unspecified atom stereocenters. The number of allylic oxidation sites excluding steroid dienone is 5. The molecule has 25 heavy (non-hydrogen) atoms. The molecule has 0 amide bonds. The van der Waals surface area contributed by atoms with E-state index in [9.17, 15) is 13.0 Å². The molecule has 2 aromatic carbocycles. The molecule has 2 aromatic rings. The molecule has 4 N–H and O–H groups in total. The van der Waals surface area contributed by atoms with Crippen molar-refractivity contribution in [3.05, 3.63) is 89.5 Å². The molecule has 0 aromatic heterocycles. The van der Waals surface area contributed by atoms with Gasteiger partial charge in [0.25, 0.3) is 0 Å². The normalized spacial score (nSPS) is 14.0. The molecule has 0 saturated carbocycles. The van der Waals surface area contributed by atoms with Crippen LogP contribution in [0.4, 0.5) is 5.69 Å². The first-order chi connectivity index (χ1) is 11.9. The third-order valence-corrected chi connectivity index (χ3v) is 4.72. The maximum atomic E-state index is 11.7. The lowest BCUT2D eigenvalue weighted by Gasteiger charge is -2.18. The zero-order chi connectivity index (χ0) is 18.0. The lowest BCUT2D eigenvalue weighted by molar-refractivity contribution is -0.110. The molecular formula is C19H16N2O3S. The topological polar surface area (TPSA) is 109 Å². The van der Waals surface area contributed by atoms with Gasteiger partial charge in [-0.05, 0) is 47.1 Å². The van der Waals surface area contributed by atoms with Crippen LogP contribution in [0, 0.1) is 0 Å². The summed E-state index contributed by atoms with van der Waals surface area (Å²) in [6, 6.07) is 13.2. The van der Waals surface area contributed by atoms with Crippen molar-refractivity contribution in [1.29, 1.82) is 0 Å². The molecule has 6 heteroatoms. The average Bonchev–Trinajstić information content (AvgIpc) is 2.58. The van der Waals surface area contributed by atoms with E-state index in [-0.39, 0.29) is 4.90 Å². The Hall–Kier alpha value is -2.96. The van der Waals surface area contributed by atoms with Crippen LogP contribution in [0.25, 0.3) is 5.57 Å². The number of anilines is 1. The number of nitrogen functional groups attached to an aromatic ring is 1. The van der Waals surface area contributed by atoms with Gasteiger partial charge >= 0.3 is 0 Å². The summed E-state index contributed by atoms with van der Waals surface area (Å²) < 4.78 is 35.2. The number of hydrogen-bond donors (Lipinski definition) is 2. The molecule has 0 heterocycles. The zero-order valence-corrected chi connectivity index (χ0v) is 14.0. The molecule has 0 fully saturated rings. The van der Waals surface area contributed by atoms with Crippen molar-refractivity contribution in [3.8, 4) is 0 Å². The Morgan fingerprint density at radius 3 is 2.12 bits per heavy atom. The van der Waals surface area contributed by atoms with Crippen LogP contribution in [0.1, 0.15) is 11.1 Å². The van der Waals surface area contributed by atoms with Gasteiger partial charge in [-0.1, -0.05) is 30.3 Å².